The monoisotopic (exact) mass is 178 g/mol. The molecule has 3 nitrogen and oxygen atoms in total. The van der Waals surface area contributed by atoms with E-state index in [-0.39, 0.29) is 6.10 Å². The molecule has 0 spiro atoms. The van der Waals surface area contributed by atoms with Crippen LogP contribution in [0.5, 0.6) is 0 Å². The van der Waals surface area contributed by atoms with Crippen LogP contribution in [0, 0.1) is 0 Å². The molecule has 2 saturated carbocycles. The second-order valence-electron chi connectivity index (χ2n) is 4.25. The molecular weight excluding hydrogens is 164 g/mol. The summed E-state index contributed by atoms with van der Waals surface area (Å²) in [6, 6.07) is 2.60. The van der Waals surface area contributed by atoms with Gasteiger partial charge in [-0.05, 0) is 31.7 Å². The molecule has 1 aromatic heterocycles. The molecule has 1 heterocycles. The summed E-state index contributed by atoms with van der Waals surface area (Å²) in [5.41, 5.74) is 1.39. The van der Waals surface area contributed by atoms with Crippen LogP contribution in [0.2, 0.25) is 0 Å². The lowest BCUT2D eigenvalue weighted by molar-refractivity contribution is 0.0422. The quantitative estimate of drug-likeness (QED) is 0.744. The molecule has 0 aromatic carbocycles. The minimum absolute atomic E-state index is 0.0822. The van der Waals surface area contributed by atoms with Crippen LogP contribution < -0.4 is 0 Å². The van der Waals surface area contributed by atoms with Crippen LogP contribution >= 0.6 is 0 Å². The first-order valence-corrected chi connectivity index (χ1v) is 5.06. The third-order valence-electron chi connectivity index (χ3n) is 3.13. The number of hydrogen-bond donors (Lipinski definition) is 1. The van der Waals surface area contributed by atoms with Gasteiger partial charge in [0.15, 0.2) is 0 Å². The lowest BCUT2D eigenvalue weighted by Crippen LogP contribution is -2.32. The number of aliphatic hydroxyl groups is 1. The molecular formula is C10H14N2O. The van der Waals surface area contributed by atoms with Crippen molar-refractivity contribution < 1.29 is 5.11 Å². The number of hydrogen-bond acceptors (Lipinski definition) is 2. The van der Waals surface area contributed by atoms with Gasteiger partial charge in [0.25, 0.3) is 0 Å². The van der Waals surface area contributed by atoms with Crippen LogP contribution in [0.1, 0.15) is 43.3 Å². The highest BCUT2D eigenvalue weighted by Crippen LogP contribution is 2.43. The lowest BCUT2D eigenvalue weighted by atomic mass is 9.89. The molecule has 0 bridgehead atoms. The molecule has 0 atom stereocenters. The summed E-state index contributed by atoms with van der Waals surface area (Å²) in [6.45, 7) is 0. The summed E-state index contributed by atoms with van der Waals surface area (Å²) < 4.78 is 2.13. The highest BCUT2D eigenvalue weighted by Gasteiger charge is 2.34. The van der Waals surface area contributed by atoms with Gasteiger partial charge in [-0.2, -0.15) is 5.10 Å². The molecule has 3 heteroatoms. The van der Waals surface area contributed by atoms with Crippen molar-refractivity contribution in [2.24, 2.45) is 0 Å². The zero-order valence-electron chi connectivity index (χ0n) is 7.56. The molecule has 0 unspecified atom stereocenters. The van der Waals surface area contributed by atoms with E-state index in [0.29, 0.717) is 6.04 Å². The summed E-state index contributed by atoms with van der Waals surface area (Å²) in [6.07, 6.45) is 6.23. The maximum absolute atomic E-state index is 9.22. The fraction of sp³-hybridized carbons (Fsp3) is 0.700. The van der Waals surface area contributed by atoms with Gasteiger partial charge in [0.1, 0.15) is 0 Å². The number of aromatic nitrogens is 2. The van der Waals surface area contributed by atoms with E-state index in [2.05, 4.69) is 15.8 Å². The molecule has 13 heavy (non-hydrogen) atoms. The number of aliphatic hydroxyl groups excluding tert-OH is 1. The van der Waals surface area contributed by atoms with E-state index in [0.717, 1.165) is 18.8 Å². The third-order valence-corrected chi connectivity index (χ3v) is 3.13. The predicted octanol–water partition coefficient (Wildman–Crippen LogP) is 1.46. The summed E-state index contributed by atoms with van der Waals surface area (Å²) in [7, 11) is 0. The molecule has 3 rings (SSSR count). The predicted molar refractivity (Wildman–Crippen MR) is 48.5 cm³/mol. The van der Waals surface area contributed by atoms with Crippen LogP contribution in [-0.4, -0.2) is 21.0 Å². The fourth-order valence-electron chi connectivity index (χ4n) is 2.09. The molecule has 1 N–H and O–H groups in total. The van der Waals surface area contributed by atoms with Gasteiger partial charge in [0.05, 0.1) is 12.1 Å². The Morgan fingerprint density at radius 2 is 2.15 bits per heavy atom. The Bertz CT molecular complexity index is 310. The van der Waals surface area contributed by atoms with Gasteiger partial charge >= 0.3 is 0 Å². The Morgan fingerprint density at radius 1 is 1.38 bits per heavy atom. The lowest BCUT2D eigenvalue weighted by Gasteiger charge is -2.32. The van der Waals surface area contributed by atoms with Crippen molar-refractivity contribution in [2.45, 2.75) is 43.7 Å². The SMILES string of the molecule is OC1CC(n2nccc2C2CC2)C1. The highest BCUT2D eigenvalue weighted by molar-refractivity contribution is 5.15. The van der Waals surface area contributed by atoms with Gasteiger partial charge in [0.2, 0.25) is 0 Å². The molecule has 2 aliphatic carbocycles. The van der Waals surface area contributed by atoms with Crippen LogP contribution in [0.4, 0.5) is 0 Å². The van der Waals surface area contributed by atoms with Crippen molar-refractivity contribution in [3.8, 4) is 0 Å². The van der Waals surface area contributed by atoms with Crippen molar-refractivity contribution in [3.63, 3.8) is 0 Å². The zero-order valence-corrected chi connectivity index (χ0v) is 7.56. The largest absolute Gasteiger partial charge is 0.393 e. The van der Waals surface area contributed by atoms with Crippen LogP contribution in [0.25, 0.3) is 0 Å². The van der Waals surface area contributed by atoms with Crippen LogP contribution in [-0.2, 0) is 0 Å². The molecule has 0 aliphatic heterocycles. The second-order valence-corrected chi connectivity index (χ2v) is 4.25. The second kappa shape index (κ2) is 2.58. The van der Waals surface area contributed by atoms with Gasteiger partial charge in [-0.1, -0.05) is 0 Å². The molecule has 0 radical (unpaired) electrons. The maximum Gasteiger partial charge on any atom is 0.0581 e. The number of rotatable bonds is 2. The van der Waals surface area contributed by atoms with Crippen LogP contribution in [0.3, 0.4) is 0 Å². The molecule has 2 fully saturated rings. The Balaban J connectivity index is 1.83. The molecule has 1 aromatic rings. The first kappa shape index (κ1) is 7.56. The average Bonchev–Trinajstić information content (AvgIpc) is 2.80. The van der Waals surface area contributed by atoms with Gasteiger partial charge in [-0.25, -0.2) is 0 Å². The number of nitrogens with zero attached hydrogens (tertiary/aromatic N) is 2. The van der Waals surface area contributed by atoms with Crippen molar-refractivity contribution in [3.05, 3.63) is 18.0 Å². The van der Waals surface area contributed by atoms with Gasteiger partial charge in [0, 0.05) is 17.8 Å². The fourth-order valence-corrected chi connectivity index (χ4v) is 2.09. The van der Waals surface area contributed by atoms with E-state index in [1.165, 1.54) is 18.5 Å². The topological polar surface area (TPSA) is 38.0 Å². The normalized spacial score (nSPS) is 33.0. The minimum Gasteiger partial charge on any atom is -0.393 e. The first-order chi connectivity index (χ1) is 6.34. The smallest absolute Gasteiger partial charge is 0.0581 e. The Labute approximate surface area is 77.4 Å². The van der Waals surface area contributed by atoms with E-state index >= 15 is 0 Å². The molecule has 0 amide bonds. The van der Waals surface area contributed by atoms with E-state index < -0.39 is 0 Å². The Morgan fingerprint density at radius 3 is 2.77 bits per heavy atom. The van der Waals surface area contributed by atoms with E-state index in [9.17, 15) is 5.11 Å². The Kier molecular flexibility index (Phi) is 1.50. The highest BCUT2D eigenvalue weighted by atomic mass is 16.3. The molecule has 0 saturated heterocycles. The maximum atomic E-state index is 9.22. The zero-order chi connectivity index (χ0) is 8.84. The summed E-state index contributed by atoms with van der Waals surface area (Å²) in [4.78, 5) is 0. The summed E-state index contributed by atoms with van der Waals surface area (Å²) in [5.74, 6) is 0.764. The van der Waals surface area contributed by atoms with Crippen molar-refractivity contribution in [2.75, 3.05) is 0 Å². The van der Waals surface area contributed by atoms with Gasteiger partial charge in [-0.15, -0.1) is 0 Å². The van der Waals surface area contributed by atoms with E-state index in [1.807, 2.05) is 6.20 Å². The van der Waals surface area contributed by atoms with E-state index in [4.69, 9.17) is 0 Å². The standard InChI is InChI=1S/C10H14N2O/c13-9-5-8(6-9)12-10(3-4-11-12)7-1-2-7/h3-4,7-9,13H,1-2,5-6H2. The molecule has 2 aliphatic rings. The Hall–Kier alpha value is -0.830. The average molecular weight is 178 g/mol. The summed E-state index contributed by atoms with van der Waals surface area (Å²) in [5, 5.41) is 13.6. The van der Waals surface area contributed by atoms with Crippen LogP contribution in [0.15, 0.2) is 12.3 Å². The van der Waals surface area contributed by atoms with Crippen molar-refractivity contribution in [1.82, 2.24) is 9.78 Å². The van der Waals surface area contributed by atoms with E-state index in [1.54, 1.807) is 0 Å². The van der Waals surface area contributed by atoms with Crippen molar-refractivity contribution >= 4 is 0 Å². The van der Waals surface area contributed by atoms with Crippen molar-refractivity contribution in [1.29, 1.82) is 0 Å². The summed E-state index contributed by atoms with van der Waals surface area (Å²) >= 11 is 0. The molecule has 70 valence electrons. The first-order valence-electron chi connectivity index (χ1n) is 5.06. The third kappa shape index (κ3) is 1.18. The van der Waals surface area contributed by atoms with Gasteiger partial charge < -0.3 is 5.11 Å². The minimum atomic E-state index is -0.0822. The van der Waals surface area contributed by atoms with Gasteiger partial charge in [-0.3, -0.25) is 4.68 Å².